The van der Waals surface area contributed by atoms with Crippen LogP contribution >= 0.6 is 0 Å². The van der Waals surface area contributed by atoms with Gasteiger partial charge in [-0.3, -0.25) is 48.6 Å². The summed E-state index contributed by atoms with van der Waals surface area (Å²) in [4.78, 5) is 111. The van der Waals surface area contributed by atoms with Gasteiger partial charge in [-0.1, -0.05) is 20.8 Å². The van der Waals surface area contributed by atoms with E-state index in [2.05, 4.69) is 32.2 Å². The van der Waals surface area contributed by atoms with E-state index in [0.29, 0.717) is 32.4 Å². The van der Waals surface area contributed by atoms with E-state index in [9.17, 15) is 58.8 Å². The molecule has 62 heavy (non-hydrogen) atoms. The Morgan fingerprint density at radius 2 is 1.44 bits per heavy atom. The number of cyclic esters (lactones) is 1. The lowest BCUT2D eigenvalue weighted by Crippen LogP contribution is -2.70. The molecule has 0 saturated carbocycles. The number of rotatable bonds is 8. The van der Waals surface area contributed by atoms with Gasteiger partial charge in [0.25, 0.3) is 23.6 Å². The smallest absolute Gasteiger partial charge is 0.331 e. The fourth-order valence-electron chi connectivity index (χ4n) is 8.71. The number of nitrogens with one attached hydrogen (secondary N) is 6. The molecule has 348 valence electrons. The number of esters is 1. The van der Waals surface area contributed by atoms with Crippen LogP contribution in [-0.4, -0.2) is 169 Å². The normalized spacial score (nSPS) is 33.9. The van der Waals surface area contributed by atoms with Crippen molar-refractivity contribution in [3.05, 3.63) is 0 Å². The number of carbonyl (C=O) groups is 8. The first-order valence-corrected chi connectivity index (χ1v) is 21.5. The Labute approximate surface area is 359 Å². The van der Waals surface area contributed by atoms with E-state index in [4.69, 9.17) is 9.47 Å². The molecule has 5 heterocycles. The molecule has 5 aliphatic heterocycles. The van der Waals surface area contributed by atoms with Crippen molar-refractivity contribution in [1.29, 1.82) is 0 Å². The molecule has 5 aliphatic rings. The zero-order valence-electron chi connectivity index (χ0n) is 35.9. The minimum absolute atomic E-state index is 0.0556. The molecule has 6 amide bonds. The van der Waals surface area contributed by atoms with Crippen LogP contribution in [0.5, 0.6) is 0 Å². The van der Waals surface area contributed by atoms with Crippen molar-refractivity contribution >= 4 is 47.4 Å². The third kappa shape index (κ3) is 10.5. The van der Waals surface area contributed by atoms with Gasteiger partial charge in [-0.15, -0.1) is 0 Å². The van der Waals surface area contributed by atoms with E-state index in [1.54, 1.807) is 20.8 Å². The number of carbonyl (C=O) groups excluding carboxylic acids is 7. The molecule has 23 heteroatoms. The van der Waals surface area contributed by atoms with Crippen molar-refractivity contribution in [3.8, 4) is 0 Å². The van der Waals surface area contributed by atoms with Crippen LogP contribution in [0, 0.1) is 11.8 Å². The molecule has 5 fully saturated rings. The van der Waals surface area contributed by atoms with Crippen LogP contribution in [0.25, 0.3) is 0 Å². The molecular formula is C39H63N9O14. The van der Waals surface area contributed by atoms with Crippen molar-refractivity contribution < 1.29 is 68.3 Å². The molecule has 0 aliphatic carbocycles. The Bertz CT molecular complexity index is 1720. The van der Waals surface area contributed by atoms with Gasteiger partial charge in [-0.05, 0) is 77.0 Å². The summed E-state index contributed by atoms with van der Waals surface area (Å²) in [5, 5.41) is 54.5. The second-order valence-electron chi connectivity index (χ2n) is 17.2. The van der Waals surface area contributed by atoms with Crippen molar-refractivity contribution in [3.63, 3.8) is 0 Å². The summed E-state index contributed by atoms with van der Waals surface area (Å²) in [5.41, 5.74) is 5.88. The molecule has 0 bridgehead atoms. The standard InChI is InChI=1S/C39H63N9O14/c1-6-26-22(18-28(51)52)13-14-39(60,62-26)38(5,59)37(58)45-30-31(20(2)3)61-36(57)29(21(4)49)44-33(54)24-11-8-16-42-47(24)34(55)25-12-9-15-41-46(25)27(50)19-40-32(53)23-10-7-17-43-48(23)35(30)56/h20-26,29-31,41-43,49,59-60H,6-19H2,1-5H3,(H,40,53)(H,44,54)(H,45,58)(H,51,52)/t21-,22-,23-,24+,25-,26-,29+,30+,31-,38-,39-/m1/s1. The molecule has 0 spiro atoms. The molecule has 0 aromatic carbocycles. The number of aliphatic hydroxyl groups excluding tert-OH is 1. The molecular weight excluding hydrogens is 818 g/mol. The molecule has 5 saturated heterocycles. The van der Waals surface area contributed by atoms with Gasteiger partial charge in [0.15, 0.2) is 11.6 Å². The minimum Gasteiger partial charge on any atom is -0.481 e. The topological polar surface area (TPSA) is 318 Å². The summed E-state index contributed by atoms with van der Waals surface area (Å²) in [6.07, 6.45) is -2.71. The van der Waals surface area contributed by atoms with Crippen LogP contribution in [0.2, 0.25) is 0 Å². The van der Waals surface area contributed by atoms with E-state index >= 15 is 0 Å². The van der Waals surface area contributed by atoms with Gasteiger partial charge in [0.2, 0.25) is 17.6 Å². The van der Waals surface area contributed by atoms with Crippen LogP contribution in [0.15, 0.2) is 0 Å². The van der Waals surface area contributed by atoms with Crippen molar-refractivity contribution in [2.45, 2.75) is 159 Å². The highest BCUT2D eigenvalue weighted by Crippen LogP contribution is 2.40. The molecule has 10 N–H and O–H groups in total. The monoisotopic (exact) mass is 881 g/mol. The average molecular weight is 882 g/mol. The lowest BCUT2D eigenvalue weighted by Gasteiger charge is -2.47. The second-order valence-corrected chi connectivity index (χ2v) is 17.2. The summed E-state index contributed by atoms with van der Waals surface area (Å²) < 4.78 is 11.8. The number of hydrazine groups is 3. The fourth-order valence-corrected chi connectivity index (χ4v) is 8.71. The van der Waals surface area contributed by atoms with Crippen LogP contribution in [0.3, 0.4) is 0 Å². The van der Waals surface area contributed by atoms with E-state index in [1.165, 1.54) is 6.92 Å². The van der Waals surface area contributed by atoms with Crippen molar-refractivity contribution in [1.82, 2.24) is 47.3 Å². The quantitative estimate of drug-likeness (QED) is 0.107. The largest absolute Gasteiger partial charge is 0.481 e. The third-order valence-corrected chi connectivity index (χ3v) is 12.4. The van der Waals surface area contributed by atoms with Crippen LogP contribution in [-0.2, 0) is 47.8 Å². The van der Waals surface area contributed by atoms with Gasteiger partial charge in [-0.25, -0.2) is 21.1 Å². The number of hydrogen-bond donors (Lipinski definition) is 10. The Hall–Kier alpha value is -4.52. The Balaban J connectivity index is 1.54. The maximum atomic E-state index is 14.9. The van der Waals surface area contributed by atoms with Crippen molar-refractivity contribution in [2.24, 2.45) is 11.8 Å². The highest BCUT2D eigenvalue weighted by Gasteiger charge is 2.58. The predicted molar refractivity (Wildman–Crippen MR) is 213 cm³/mol. The van der Waals surface area contributed by atoms with Crippen LogP contribution in [0.4, 0.5) is 0 Å². The lowest BCUT2D eigenvalue weighted by atomic mass is 9.80. The molecule has 11 atom stereocenters. The summed E-state index contributed by atoms with van der Waals surface area (Å²) in [6, 6.07) is -7.29. The summed E-state index contributed by atoms with van der Waals surface area (Å²) >= 11 is 0. The van der Waals surface area contributed by atoms with Crippen LogP contribution < -0.4 is 32.2 Å². The van der Waals surface area contributed by atoms with Gasteiger partial charge in [-0.2, -0.15) is 0 Å². The summed E-state index contributed by atoms with van der Waals surface area (Å²) in [7, 11) is 0. The molecule has 0 aromatic heterocycles. The van der Waals surface area contributed by atoms with Gasteiger partial charge in [0, 0.05) is 26.1 Å². The maximum Gasteiger partial charge on any atom is 0.331 e. The Morgan fingerprint density at radius 3 is 2.00 bits per heavy atom. The molecule has 23 nitrogen and oxygen atoms in total. The molecule has 0 radical (unpaired) electrons. The van der Waals surface area contributed by atoms with E-state index < -0.39 is 126 Å². The number of carboxylic acids is 1. The van der Waals surface area contributed by atoms with Gasteiger partial charge < -0.3 is 45.9 Å². The lowest BCUT2D eigenvalue weighted by molar-refractivity contribution is -0.328. The Morgan fingerprint density at radius 1 is 0.871 bits per heavy atom. The second kappa shape index (κ2) is 20.3. The van der Waals surface area contributed by atoms with E-state index in [-0.39, 0.29) is 51.5 Å². The average Bonchev–Trinajstić information content (AvgIpc) is 3.24. The molecule has 0 aromatic rings. The van der Waals surface area contributed by atoms with E-state index in [1.807, 2.05) is 0 Å². The zero-order valence-corrected chi connectivity index (χ0v) is 35.9. The number of aliphatic carboxylic acids is 1. The number of nitrogens with zero attached hydrogens (tertiary/aromatic N) is 3. The molecule has 0 unspecified atom stereocenters. The number of amides is 6. The first-order chi connectivity index (χ1) is 29.2. The number of carboxylic acid groups (broad SMARTS) is 1. The first kappa shape index (κ1) is 48.5. The maximum absolute atomic E-state index is 14.9. The van der Waals surface area contributed by atoms with Crippen molar-refractivity contribution in [2.75, 3.05) is 26.2 Å². The number of aliphatic hydroxyl groups is 3. The number of ether oxygens (including phenoxy) is 2. The van der Waals surface area contributed by atoms with Gasteiger partial charge in [0.1, 0.15) is 30.3 Å². The minimum atomic E-state index is -2.81. The zero-order chi connectivity index (χ0) is 45.7. The predicted octanol–water partition coefficient (Wildman–Crippen LogP) is -3.36. The van der Waals surface area contributed by atoms with E-state index in [0.717, 1.165) is 22.0 Å². The Kier molecular flexibility index (Phi) is 15.9. The summed E-state index contributed by atoms with van der Waals surface area (Å²) in [6.45, 7) is 7.16. The third-order valence-electron chi connectivity index (χ3n) is 12.4. The fraction of sp³-hybridized carbons (Fsp3) is 0.795. The number of hydrogen-bond acceptors (Lipinski definition) is 16. The molecule has 5 rings (SSSR count). The SMILES string of the molecule is CC[C@H]1O[C@@](O)([C@](C)(O)C(=O)N[C@@H]2C(=O)N3NCCC[C@@H]3C(=O)NCC(=O)N3NCCC[C@@H]3C(=O)N3NCCC[C@H]3C(=O)N[C@@H]([C@@H](C)O)C(=O)O[C@@H]2C(C)C)CC[C@@H]1CC(=O)O. The van der Waals surface area contributed by atoms with Crippen LogP contribution in [0.1, 0.15) is 98.8 Å². The first-order valence-electron chi connectivity index (χ1n) is 21.5. The van der Waals surface area contributed by atoms with Gasteiger partial charge >= 0.3 is 11.9 Å². The number of fused-ring (bicyclic) bond motifs is 3. The highest BCUT2D eigenvalue weighted by atomic mass is 16.6. The van der Waals surface area contributed by atoms with Gasteiger partial charge in [0.05, 0.1) is 25.2 Å². The highest BCUT2D eigenvalue weighted by molar-refractivity contribution is 5.97. The summed E-state index contributed by atoms with van der Waals surface area (Å²) in [5.74, 6) is -11.6.